The Morgan fingerprint density at radius 3 is 2.59 bits per heavy atom. The first-order valence-corrected chi connectivity index (χ1v) is 10.8. The van der Waals surface area contributed by atoms with Gasteiger partial charge in [-0.3, -0.25) is 19.3 Å². The van der Waals surface area contributed by atoms with E-state index in [1.54, 1.807) is 37.5 Å². The molecule has 174 valence electrons. The molecule has 0 aliphatic carbocycles. The SMILES string of the molecule is CCc1nccc(-c2cc(-n3c(C)cc(OCc4ncc(F)cc4F)c(Cl)c3=O)c(C)cn2)n1. The lowest BCUT2D eigenvalue weighted by Gasteiger charge is -2.16. The second-order valence-corrected chi connectivity index (χ2v) is 7.92. The summed E-state index contributed by atoms with van der Waals surface area (Å²) in [6.45, 7) is 5.19. The molecule has 4 aromatic rings. The molecule has 0 amide bonds. The summed E-state index contributed by atoms with van der Waals surface area (Å²) >= 11 is 6.33. The Morgan fingerprint density at radius 1 is 1.06 bits per heavy atom. The van der Waals surface area contributed by atoms with Gasteiger partial charge in [-0.2, -0.15) is 0 Å². The van der Waals surface area contributed by atoms with Crippen LogP contribution in [0.4, 0.5) is 8.78 Å². The Kier molecular flexibility index (Phi) is 6.65. The van der Waals surface area contributed by atoms with Crippen LogP contribution in [0.1, 0.15) is 29.7 Å². The van der Waals surface area contributed by atoms with Crippen LogP contribution in [-0.2, 0) is 13.0 Å². The van der Waals surface area contributed by atoms with E-state index in [2.05, 4.69) is 19.9 Å². The van der Waals surface area contributed by atoms with Crippen molar-refractivity contribution in [2.24, 2.45) is 0 Å². The Bertz CT molecular complexity index is 1440. The molecule has 0 N–H and O–H groups in total. The monoisotopic (exact) mass is 483 g/mol. The second-order valence-electron chi connectivity index (χ2n) is 7.54. The van der Waals surface area contributed by atoms with E-state index in [9.17, 15) is 13.6 Å². The molecule has 10 heteroatoms. The van der Waals surface area contributed by atoms with E-state index in [0.717, 1.165) is 11.8 Å². The Balaban J connectivity index is 1.71. The second kappa shape index (κ2) is 9.64. The number of ether oxygens (including phenoxy) is 1. The molecule has 0 aromatic carbocycles. The van der Waals surface area contributed by atoms with E-state index in [0.29, 0.717) is 41.1 Å². The van der Waals surface area contributed by atoms with Crippen molar-refractivity contribution in [1.29, 1.82) is 0 Å². The zero-order valence-electron chi connectivity index (χ0n) is 18.6. The van der Waals surface area contributed by atoms with Crippen LogP contribution < -0.4 is 10.3 Å². The van der Waals surface area contributed by atoms with E-state index in [1.807, 2.05) is 13.8 Å². The van der Waals surface area contributed by atoms with Crippen LogP contribution in [0, 0.1) is 25.5 Å². The summed E-state index contributed by atoms with van der Waals surface area (Å²) < 4.78 is 33.9. The highest BCUT2D eigenvalue weighted by molar-refractivity contribution is 6.31. The number of rotatable bonds is 6. The molecule has 0 bridgehead atoms. The van der Waals surface area contributed by atoms with Crippen LogP contribution in [0.3, 0.4) is 0 Å². The standard InChI is InChI=1S/C24H20ClF2N5O2/c1-4-22-28-6-5-17(31-22)18-9-20(13(2)10-29-18)32-14(3)7-21(23(25)24(32)33)34-12-19-16(27)8-15(26)11-30-19/h5-11H,4,12H2,1-3H3. The predicted molar refractivity (Wildman–Crippen MR) is 123 cm³/mol. The summed E-state index contributed by atoms with van der Waals surface area (Å²) in [5, 5.41) is -0.179. The fraction of sp³-hybridized carbons (Fsp3) is 0.208. The van der Waals surface area contributed by atoms with Gasteiger partial charge in [-0.05, 0) is 31.5 Å². The minimum absolute atomic E-state index is 0.0706. The maximum atomic E-state index is 13.9. The van der Waals surface area contributed by atoms with Crippen molar-refractivity contribution < 1.29 is 13.5 Å². The van der Waals surface area contributed by atoms with Crippen molar-refractivity contribution in [2.75, 3.05) is 0 Å². The van der Waals surface area contributed by atoms with Gasteiger partial charge in [0, 0.05) is 36.6 Å². The van der Waals surface area contributed by atoms with Crippen LogP contribution >= 0.6 is 11.6 Å². The van der Waals surface area contributed by atoms with Crippen LogP contribution in [0.2, 0.25) is 5.02 Å². The molecule has 0 spiro atoms. The highest BCUT2D eigenvalue weighted by atomic mass is 35.5. The summed E-state index contributed by atoms with van der Waals surface area (Å²) in [4.78, 5) is 30.0. The topological polar surface area (TPSA) is 82.8 Å². The lowest BCUT2D eigenvalue weighted by molar-refractivity contribution is 0.292. The van der Waals surface area contributed by atoms with E-state index in [1.165, 1.54) is 4.57 Å². The summed E-state index contributed by atoms with van der Waals surface area (Å²) in [5.41, 5.74) is 2.47. The third-order valence-corrected chi connectivity index (χ3v) is 5.50. The third kappa shape index (κ3) is 4.65. The molecular weight excluding hydrogens is 464 g/mol. The smallest absolute Gasteiger partial charge is 0.277 e. The van der Waals surface area contributed by atoms with Crippen LogP contribution in [0.15, 0.2) is 47.7 Å². The molecule has 4 heterocycles. The first kappa shape index (κ1) is 23.4. The van der Waals surface area contributed by atoms with Gasteiger partial charge in [0.2, 0.25) is 0 Å². The third-order valence-electron chi connectivity index (χ3n) is 5.15. The molecule has 7 nitrogen and oxygen atoms in total. The van der Waals surface area contributed by atoms with Crippen molar-refractivity contribution in [3.05, 3.63) is 92.6 Å². The molecule has 4 rings (SSSR count). The lowest BCUT2D eigenvalue weighted by Crippen LogP contribution is -2.23. The molecule has 0 aliphatic heterocycles. The Morgan fingerprint density at radius 2 is 1.85 bits per heavy atom. The number of pyridine rings is 3. The van der Waals surface area contributed by atoms with Gasteiger partial charge in [0.1, 0.15) is 34.7 Å². The summed E-state index contributed by atoms with van der Waals surface area (Å²) in [6, 6.07) is 5.80. The van der Waals surface area contributed by atoms with Crippen LogP contribution in [0.25, 0.3) is 17.1 Å². The number of aromatic nitrogens is 5. The van der Waals surface area contributed by atoms with E-state index < -0.39 is 17.2 Å². The van der Waals surface area contributed by atoms with Gasteiger partial charge in [0.15, 0.2) is 5.82 Å². The number of hydrogen-bond acceptors (Lipinski definition) is 6. The maximum absolute atomic E-state index is 13.9. The van der Waals surface area contributed by atoms with E-state index in [-0.39, 0.29) is 23.1 Å². The average molecular weight is 484 g/mol. The molecule has 0 unspecified atom stereocenters. The molecule has 0 fully saturated rings. The minimum atomic E-state index is -0.850. The van der Waals surface area contributed by atoms with Gasteiger partial charge >= 0.3 is 0 Å². The summed E-state index contributed by atoms with van der Waals surface area (Å²) in [7, 11) is 0. The lowest BCUT2D eigenvalue weighted by atomic mass is 10.1. The fourth-order valence-electron chi connectivity index (χ4n) is 3.39. The molecule has 0 radical (unpaired) electrons. The minimum Gasteiger partial charge on any atom is -0.485 e. The highest BCUT2D eigenvalue weighted by Crippen LogP contribution is 2.27. The number of hydrogen-bond donors (Lipinski definition) is 0. The average Bonchev–Trinajstić information content (AvgIpc) is 2.82. The largest absolute Gasteiger partial charge is 0.485 e. The summed E-state index contributed by atoms with van der Waals surface area (Å²) in [5.74, 6) is -0.887. The quantitative estimate of drug-likeness (QED) is 0.392. The molecule has 0 saturated heterocycles. The number of aryl methyl sites for hydroxylation is 3. The van der Waals surface area contributed by atoms with Gasteiger partial charge in [-0.1, -0.05) is 18.5 Å². The zero-order valence-corrected chi connectivity index (χ0v) is 19.4. The maximum Gasteiger partial charge on any atom is 0.277 e. The van der Waals surface area contributed by atoms with Crippen LogP contribution in [-0.4, -0.2) is 24.5 Å². The fourth-order valence-corrected chi connectivity index (χ4v) is 3.58. The van der Waals surface area contributed by atoms with Crippen molar-refractivity contribution in [3.63, 3.8) is 0 Å². The van der Waals surface area contributed by atoms with E-state index in [4.69, 9.17) is 16.3 Å². The van der Waals surface area contributed by atoms with Gasteiger partial charge in [-0.25, -0.2) is 18.7 Å². The molecule has 34 heavy (non-hydrogen) atoms. The first-order valence-electron chi connectivity index (χ1n) is 10.4. The number of nitrogens with zero attached hydrogens (tertiary/aromatic N) is 5. The van der Waals surface area contributed by atoms with Gasteiger partial charge in [0.25, 0.3) is 5.56 Å². The first-order chi connectivity index (χ1) is 16.3. The van der Waals surface area contributed by atoms with Gasteiger partial charge in [0.05, 0.1) is 23.3 Å². The molecule has 4 aromatic heterocycles. The van der Waals surface area contributed by atoms with Gasteiger partial charge < -0.3 is 4.74 Å². The van der Waals surface area contributed by atoms with Crippen LogP contribution in [0.5, 0.6) is 5.75 Å². The van der Waals surface area contributed by atoms with Crippen molar-refractivity contribution in [3.8, 4) is 22.8 Å². The molecule has 0 aliphatic rings. The Hall–Kier alpha value is -3.72. The van der Waals surface area contributed by atoms with Crippen molar-refractivity contribution in [2.45, 2.75) is 33.8 Å². The van der Waals surface area contributed by atoms with Crippen molar-refractivity contribution in [1.82, 2.24) is 24.5 Å². The highest BCUT2D eigenvalue weighted by Gasteiger charge is 2.17. The Labute approximate surface area is 199 Å². The van der Waals surface area contributed by atoms with E-state index >= 15 is 0 Å². The zero-order chi connectivity index (χ0) is 24.4. The molecule has 0 saturated carbocycles. The summed E-state index contributed by atoms with van der Waals surface area (Å²) in [6.07, 6.45) is 4.89. The van der Waals surface area contributed by atoms with Crippen molar-refractivity contribution >= 4 is 11.6 Å². The van der Waals surface area contributed by atoms with Gasteiger partial charge in [-0.15, -0.1) is 0 Å². The molecular formula is C24H20ClF2N5O2. The normalized spacial score (nSPS) is 11.0. The predicted octanol–water partition coefficient (Wildman–Crippen LogP) is 4.77. The number of halogens is 3. The molecule has 0 atom stereocenters.